The fourth-order valence-electron chi connectivity index (χ4n) is 2.06. The monoisotopic (exact) mass is 377 g/mol. The summed E-state index contributed by atoms with van der Waals surface area (Å²) in [5.41, 5.74) is 1.91. The van der Waals surface area contributed by atoms with E-state index in [0.717, 1.165) is 33.3 Å². The number of benzene rings is 2. The van der Waals surface area contributed by atoms with Gasteiger partial charge in [0.25, 0.3) is 0 Å². The highest BCUT2D eigenvalue weighted by atomic mass is 32.2. The van der Waals surface area contributed by atoms with Gasteiger partial charge in [-0.2, -0.15) is 0 Å². The molecule has 3 aromatic rings. The van der Waals surface area contributed by atoms with E-state index in [0.29, 0.717) is 10.6 Å². The predicted molar refractivity (Wildman–Crippen MR) is 96.3 cm³/mol. The van der Waals surface area contributed by atoms with E-state index < -0.39 is 0 Å². The molecule has 0 aliphatic carbocycles. The molecule has 0 spiro atoms. The van der Waals surface area contributed by atoms with Gasteiger partial charge in [-0.25, -0.2) is 5.26 Å². The summed E-state index contributed by atoms with van der Waals surface area (Å²) in [6, 6.07) is 15.1. The molecule has 2 aromatic carbocycles. The molecule has 1 heterocycles. The van der Waals surface area contributed by atoms with Gasteiger partial charge in [-0.3, -0.25) is 0 Å². The minimum absolute atomic E-state index is 0.260. The van der Waals surface area contributed by atoms with Gasteiger partial charge in [0, 0.05) is 11.3 Å². The average molecular weight is 377 g/mol. The molecule has 7 nitrogen and oxygen atoms in total. The van der Waals surface area contributed by atoms with Gasteiger partial charge in [0.15, 0.2) is 6.73 Å². The van der Waals surface area contributed by atoms with Crippen LogP contribution in [0.3, 0.4) is 0 Å². The zero-order valence-corrected chi connectivity index (χ0v) is 14.8. The van der Waals surface area contributed by atoms with E-state index in [1.807, 2.05) is 43.3 Å². The Kier molecular flexibility index (Phi) is 6.20. The summed E-state index contributed by atoms with van der Waals surface area (Å²) in [5.74, 6) is 0.605. The summed E-state index contributed by atoms with van der Waals surface area (Å²) < 4.78 is 10.2. The van der Waals surface area contributed by atoms with E-state index in [1.165, 1.54) is 0 Å². The number of aryl methyl sites for hydroxylation is 1. The van der Waals surface area contributed by atoms with Crippen molar-refractivity contribution in [2.24, 2.45) is 0 Å². The van der Waals surface area contributed by atoms with E-state index in [9.17, 15) is 0 Å². The Hall–Kier alpha value is -2.17. The maximum Gasteiger partial charge on any atom is 0.159 e. The largest absolute Gasteiger partial charge is 0.472 e. The standard InChI is InChI=1S/C16H15N3O4S2/c1-11-18-19-16(24-11)12-5-4-6-13(9-12)17-10-21-14-7-2-3-8-15(14)25-23-22-20/h2-9,17,20H,10H2,1H3. The fourth-order valence-corrected chi connectivity index (χ4v) is 3.20. The van der Waals surface area contributed by atoms with Gasteiger partial charge in [0.2, 0.25) is 0 Å². The Morgan fingerprint density at radius 1 is 1.16 bits per heavy atom. The van der Waals surface area contributed by atoms with Crippen molar-refractivity contribution in [3.05, 3.63) is 53.5 Å². The van der Waals surface area contributed by atoms with Crippen LogP contribution in [0.4, 0.5) is 5.69 Å². The van der Waals surface area contributed by atoms with Gasteiger partial charge in [-0.1, -0.05) is 40.6 Å². The first-order valence-electron chi connectivity index (χ1n) is 7.27. The molecular formula is C16H15N3O4S2. The zero-order chi connectivity index (χ0) is 17.5. The summed E-state index contributed by atoms with van der Waals surface area (Å²) in [4.78, 5) is 0.677. The molecule has 25 heavy (non-hydrogen) atoms. The maximum absolute atomic E-state index is 8.26. The second-order valence-corrected chi connectivity index (χ2v) is 6.77. The van der Waals surface area contributed by atoms with Crippen LogP contribution in [0, 0.1) is 6.92 Å². The van der Waals surface area contributed by atoms with Crippen molar-refractivity contribution in [1.29, 1.82) is 0 Å². The van der Waals surface area contributed by atoms with Crippen LogP contribution in [-0.4, -0.2) is 22.2 Å². The van der Waals surface area contributed by atoms with Crippen molar-refractivity contribution in [3.63, 3.8) is 0 Å². The molecular weight excluding hydrogens is 362 g/mol. The summed E-state index contributed by atoms with van der Waals surface area (Å²) in [7, 11) is 0. The smallest absolute Gasteiger partial charge is 0.159 e. The van der Waals surface area contributed by atoms with Crippen LogP contribution in [0.1, 0.15) is 5.01 Å². The highest BCUT2D eigenvalue weighted by molar-refractivity contribution is 7.94. The van der Waals surface area contributed by atoms with Crippen LogP contribution in [0.5, 0.6) is 5.75 Å². The molecule has 0 atom stereocenters. The Morgan fingerprint density at radius 3 is 2.84 bits per heavy atom. The van der Waals surface area contributed by atoms with Crippen LogP contribution in [-0.2, 0) is 9.37 Å². The SMILES string of the molecule is Cc1nnc(-c2cccc(NCOc3ccccc3SOOO)c2)s1. The lowest BCUT2D eigenvalue weighted by molar-refractivity contribution is -0.432. The Bertz CT molecular complexity index is 828. The summed E-state index contributed by atoms with van der Waals surface area (Å²) in [6.45, 7) is 2.19. The van der Waals surface area contributed by atoms with Crippen LogP contribution >= 0.6 is 23.4 Å². The summed E-state index contributed by atoms with van der Waals surface area (Å²) >= 11 is 2.41. The molecule has 0 saturated carbocycles. The highest BCUT2D eigenvalue weighted by Crippen LogP contribution is 2.30. The number of anilines is 1. The van der Waals surface area contributed by atoms with Gasteiger partial charge in [-0.05, 0) is 31.2 Å². The molecule has 2 N–H and O–H groups in total. The third-order valence-corrected chi connectivity index (χ3v) is 4.68. The molecule has 130 valence electrons. The van der Waals surface area contributed by atoms with Crippen molar-refractivity contribution in [2.75, 3.05) is 12.0 Å². The first-order chi connectivity index (χ1) is 12.3. The van der Waals surface area contributed by atoms with Gasteiger partial charge in [0.1, 0.15) is 15.8 Å². The third-order valence-electron chi connectivity index (χ3n) is 3.14. The van der Waals surface area contributed by atoms with E-state index in [-0.39, 0.29) is 6.73 Å². The molecule has 0 amide bonds. The summed E-state index contributed by atoms with van der Waals surface area (Å²) in [6.07, 6.45) is 0. The van der Waals surface area contributed by atoms with Gasteiger partial charge < -0.3 is 10.1 Å². The Labute approximate surface area is 152 Å². The first kappa shape index (κ1) is 17.6. The van der Waals surface area contributed by atoms with Crippen molar-refractivity contribution in [2.45, 2.75) is 11.8 Å². The molecule has 0 radical (unpaired) electrons. The Morgan fingerprint density at radius 2 is 2.04 bits per heavy atom. The predicted octanol–water partition coefficient (Wildman–Crippen LogP) is 4.39. The van der Waals surface area contributed by atoms with Crippen LogP contribution in [0.15, 0.2) is 53.4 Å². The van der Waals surface area contributed by atoms with Crippen LogP contribution in [0.25, 0.3) is 10.6 Å². The number of para-hydroxylation sites is 1. The van der Waals surface area contributed by atoms with Crippen molar-refractivity contribution in [3.8, 4) is 16.3 Å². The zero-order valence-electron chi connectivity index (χ0n) is 13.2. The molecule has 9 heteroatoms. The second-order valence-electron chi connectivity index (χ2n) is 4.85. The summed E-state index contributed by atoms with van der Waals surface area (Å²) in [5, 5.41) is 25.1. The van der Waals surface area contributed by atoms with E-state index in [4.69, 9.17) is 9.99 Å². The van der Waals surface area contributed by atoms with Crippen molar-refractivity contribution in [1.82, 2.24) is 10.2 Å². The van der Waals surface area contributed by atoms with Crippen molar-refractivity contribution >= 4 is 29.1 Å². The lowest BCUT2D eigenvalue weighted by Crippen LogP contribution is -2.09. The minimum Gasteiger partial charge on any atom is -0.472 e. The molecule has 0 bridgehead atoms. The van der Waals surface area contributed by atoms with Crippen LogP contribution < -0.4 is 10.1 Å². The quantitative estimate of drug-likeness (QED) is 0.259. The number of hydrogen-bond donors (Lipinski definition) is 2. The van der Waals surface area contributed by atoms with Crippen LogP contribution in [0.2, 0.25) is 0 Å². The molecule has 0 aliphatic heterocycles. The van der Waals surface area contributed by atoms with Gasteiger partial charge >= 0.3 is 0 Å². The first-order valence-corrected chi connectivity index (χ1v) is 8.83. The Balaban J connectivity index is 1.61. The van der Waals surface area contributed by atoms with E-state index >= 15 is 0 Å². The van der Waals surface area contributed by atoms with E-state index in [1.54, 1.807) is 23.5 Å². The molecule has 0 saturated heterocycles. The molecule has 0 fully saturated rings. The molecule has 0 unspecified atom stereocenters. The molecule has 0 aliphatic rings. The second kappa shape index (κ2) is 8.79. The van der Waals surface area contributed by atoms with Gasteiger partial charge in [-0.15, -0.1) is 14.5 Å². The lowest BCUT2D eigenvalue weighted by Gasteiger charge is -2.12. The lowest BCUT2D eigenvalue weighted by atomic mass is 10.2. The highest BCUT2D eigenvalue weighted by Gasteiger charge is 2.07. The van der Waals surface area contributed by atoms with Gasteiger partial charge in [0.05, 0.1) is 16.9 Å². The normalized spacial score (nSPS) is 10.6. The average Bonchev–Trinajstić information content (AvgIpc) is 3.08. The number of hydrogen-bond acceptors (Lipinski definition) is 9. The topological polar surface area (TPSA) is 85.7 Å². The molecule has 1 aromatic heterocycles. The number of nitrogens with one attached hydrogen (secondary N) is 1. The molecule has 3 rings (SSSR count). The number of aromatic nitrogens is 2. The number of ether oxygens (including phenoxy) is 1. The minimum atomic E-state index is 0.260. The van der Waals surface area contributed by atoms with Crippen molar-refractivity contribution < 1.29 is 19.4 Å². The fraction of sp³-hybridized carbons (Fsp3) is 0.125. The number of nitrogens with zero attached hydrogens (tertiary/aromatic N) is 2. The maximum atomic E-state index is 8.26. The number of rotatable bonds is 8. The van der Waals surface area contributed by atoms with E-state index in [2.05, 4.69) is 24.9 Å². The third kappa shape index (κ3) is 4.91.